The molecule has 1 N–H and O–H groups in total. The molecule has 0 aliphatic heterocycles. The molecule has 2 aromatic rings. The van der Waals surface area contributed by atoms with Crippen LogP contribution in [0.4, 0.5) is 0 Å². The van der Waals surface area contributed by atoms with Crippen molar-refractivity contribution in [3.63, 3.8) is 0 Å². The molecule has 0 saturated heterocycles. The zero-order valence-corrected chi connectivity index (χ0v) is 12.3. The first kappa shape index (κ1) is 15.1. The lowest BCUT2D eigenvalue weighted by atomic mass is 10.1. The minimum absolute atomic E-state index is 0.678. The van der Waals surface area contributed by atoms with Crippen LogP contribution in [0.1, 0.15) is 32.7 Å². The topological polar surface area (TPSA) is 64.4 Å². The van der Waals surface area contributed by atoms with E-state index < -0.39 is 12.0 Å². The normalized spacial score (nSPS) is 12.1. The molecule has 0 fully saturated rings. The number of aromatic nitrogens is 2. The molecule has 0 unspecified atom stereocenters. The van der Waals surface area contributed by atoms with Crippen molar-refractivity contribution in [3.8, 4) is 16.9 Å². The van der Waals surface area contributed by atoms with Gasteiger partial charge < -0.3 is 9.84 Å². The van der Waals surface area contributed by atoms with E-state index in [0.29, 0.717) is 6.61 Å². The molecule has 2 rings (SSSR count). The van der Waals surface area contributed by atoms with Crippen LogP contribution in [0.25, 0.3) is 11.1 Å². The van der Waals surface area contributed by atoms with Crippen LogP contribution in [0, 0.1) is 0 Å². The van der Waals surface area contributed by atoms with E-state index in [-0.39, 0.29) is 0 Å². The Morgan fingerprint density at radius 3 is 2.95 bits per heavy atom. The first-order valence-corrected chi connectivity index (χ1v) is 7.12. The molecule has 0 amide bonds. The summed E-state index contributed by atoms with van der Waals surface area (Å²) in [7, 11) is 0. The Balaban J connectivity index is 2.14. The number of carboxylic acid groups (broad SMARTS) is 1. The van der Waals surface area contributed by atoms with Crippen LogP contribution in [-0.2, 0) is 4.79 Å². The summed E-state index contributed by atoms with van der Waals surface area (Å²) in [5.74, 6) is -0.0821. The highest BCUT2D eigenvalue weighted by Crippen LogP contribution is 2.24. The van der Waals surface area contributed by atoms with Crippen molar-refractivity contribution in [1.82, 2.24) is 9.78 Å². The molecular formula is C16H20N2O3. The molecule has 1 aromatic heterocycles. The molecule has 0 saturated carbocycles. The van der Waals surface area contributed by atoms with Crippen LogP contribution in [0.5, 0.6) is 5.75 Å². The molecule has 1 heterocycles. The van der Waals surface area contributed by atoms with Gasteiger partial charge in [-0.2, -0.15) is 5.10 Å². The van der Waals surface area contributed by atoms with Gasteiger partial charge in [-0.1, -0.05) is 25.5 Å². The molecule has 0 spiro atoms. The molecule has 0 bridgehead atoms. The van der Waals surface area contributed by atoms with Crippen molar-refractivity contribution < 1.29 is 14.6 Å². The molecule has 5 heteroatoms. The summed E-state index contributed by atoms with van der Waals surface area (Å²) in [5.41, 5.74) is 1.84. The fourth-order valence-electron chi connectivity index (χ4n) is 1.91. The average Bonchev–Trinajstić information content (AvgIpc) is 2.97. The largest absolute Gasteiger partial charge is 0.494 e. The molecule has 5 nitrogen and oxygen atoms in total. The van der Waals surface area contributed by atoms with Gasteiger partial charge in [0.15, 0.2) is 0 Å². The van der Waals surface area contributed by atoms with Gasteiger partial charge in [0.1, 0.15) is 11.8 Å². The first-order chi connectivity index (χ1) is 10.1. The molecule has 21 heavy (non-hydrogen) atoms. The van der Waals surface area contributed by atoms with E-state index in [9.17, 15) is 4.79 Å². The standard InChI is InChI=1S/C16H20N2O3/c1-3-4-8-21-15-7-5-6-13(9-15)14-10-17-18(11-14)12(2)16(19)20/h5-7,9-12H,3-4,8H2,1-2H3,(H,19,20)/t12-/m1/s1. The Hall–Kier alpha value is -2.30. The van der Waals surface area contributed by atoms with Crippen LogP contribution >= 0.6 is 0 Å². The van der Waals surface area contributed by atoms with Gasteiger partial charge in [-0.05, 0) is 31.0 Å². The van der Waals surface area contributed by atoms with Crippen LogP contribution in [0.3, 0.4) is 0 Å². The number of hydrogen-bond donors (Lipinski definition) is 1. The van der Waals surface area contributed by atoms with Crippen LogP contribution < -0.4 is 4.74 Å². The van der Waals surface area contributed by atoms with Gasteiger partial charge in [-0.3, -0.25) is 4.68 Å². The van der Waals surface area contributed by atoms with Gasteiger partial charge in [0.05, 0.1) is 12.8 Å². The second-order valence-corrected chi connectivity index (χ2v) is 4.95. The van der Waals surface area contributed by atoms with E-state index in [4.69, 9.17) is 9.84 Å². The summed E-state index contributed by atoms with van der Waals surface area (Å²) < 4.78 is 7.13. The van der Waals surface area contributed by atoms with Gasteiger partial charge >= 0.3 is 5.97 Å². The van der Waals surface area contributed by atoms with Crippen molar-refractivity contribution >= 4 is 5.97 Å². The number of hydrogen-bond acceptors (Lipinski definition) is 3. The van der Waals surface area contributed by atoms with Crippen molar-refractivity contribution in [1.29, 1.82) is 0 Å². The maximum atomic E-state index is 11.0. The fourth-order valence-corrected chi connectivity index (χ4v) is 1.91. The second kappa shape index (κ2) is 6.92. The van der Waals surface area contributed by atoms with E-state index in [2.05, 4.69) is 12.0 Å². The van der Waals surface area contributed by atoms with E-state index in [1.165, 1.54) is 4.68 Å². The number of carboxylic acids is 1. The summed E-state index contributed by atoms with van der Waals surface area (Å²) in [4.78, 5) is 11.0. The Labute approximate surface area is 124 Å². The van der Waals surface area contributed by atoms with Crippen LogP contribution in [0.15, 0.2) is 36.7 Å². The van der Waals surface area contributed by atoms with E-state index in [1.54, 1.807) is 19.3 Å². The minimum Gasteiger partial charge on any atom is -0.494 e. The SMILES string of the molecule is CCCCOc1cccc(-c2cnn([C@H](C)C(=O)O)c2)c1. The van der Waals surface area contributed by atoms with E-state index >= 15 is 0 Å². The average molecular weight is 288 g/mol. The van der Waals surface area contributed by atoms with Crippen molar-refractivity contribution in [2.24, 2.45) is 0 Å². The Kier molecular flexibility index (Phi) is 4.98. The van der Waals surface area contributed by atoms with Crippen molar-refractivity contribution in [2.45, 2.75) is 32.7 Å². The lowest BCUT2D eigenvalue weighted by Crippen LogP contribution is -2.15. The lowest BCUT2D eigenvalue weighted by Gasteiger charge is -2.07. The quantitative estimate of drug-likeness (QED) is 0.793. The third-order valence-corrected chi connectivity index (χ3v) is 3.29. The van der Waals surface area contributed by atoms with E-state index in [1.807, 2.05) is 24.3 Å². The van der Waals surface area contributed by atoms with Crippen LogP contribution in [-0.4, -0.2) is 27.5 Å². The summed E-state index contributed by atoms with van der Waals surface area (Å²) in [6.45, 7) is 4.43. The highest BCUT2D eigenvalue weighted by molar-refractivity contribution is 5.71. The molecule has 0 radical (unpaired) electrons. The number of rotatable bonds is 7. The van der Waals surface area contributed by atoms with Gasteiger partial charge in [0.25, 0.3) is 0 Å². The highest BCUT2D eigenvalue weighted by Gasteiger charge is 2.14. The maximum Gasteiger partial charge on any atom is 0.328 e. The Bertz CT molecular complexity index is 607. The van der Waals surface area contributed by atoms with Gasteiger partial charge in [-0.25, -0.2) is 4.79 Å². The van der Waals surface area contributed by atoms with Gasteiger partial charge in [-0.15, -0.1) is 0 Å². The van der Waals surface area contributed by atoms with E-state index in [0.717, 1.165) is 29.7 Å². The molecule has 0 aliphatic rings. The number of unbranched alkanes of at least 4 members (excludes halogenated alkanes) is 1. The number of aliphatic carboxylic acids is 1. The van der Waals surface area contributed by atoms with Crippen molar-refractivity contribution in [3.05, 3.63) is 36.7 Å². The summed E-state index contributed by atoms with van der Waals surface area (Å²) in [6, 6.07) is 7.07. The molecule has 1 atom stereocenters. The minimum atomic E-state index is -0.902. The van der Waals surface area contributed by atoms with Gasteiger partial charge in [0.2, 0.25) is 0 Å². The Morgan fingerprint density at radius 2 is 2.24 bits per heavy atom. The Morgan fingerprint density at radius 1 is 1.43 bits per heavy atom. The van der Waals surface area contributed by atoms with Crippen LogP contribution in [0.2, 0.25) is 0 Å². The summed E-state index contributed by atoms with van der Waals surface area (Å²) in [6.07, 6.45) is 5.53. The number of carbonyl (C=O) groups is 1. The van der Waals surface area contributed by atoms with Gasteiger partial charge in [0, 0.05) is 11.8 Å². The maximum absolute atomic E-state index is 11.0. The summed E-state index contributed by atoms with van der Waals surface area (Å²) in [5, 5.41) is 13.1. The number of benzene rings is 1. The zero-order chi connectivity index (χ0) is 15.2. The number of ether oxygens (including phenoxy) is 1. The molecule has 0 aliphatic carbocycles. The predicted molar refractivity (Wildman–Crippen MR) is 80.4 cm³/mol. The lowest BCUT2D eigenvalue weighted by molar-refractivity contribution is -0.140. The predicted octanol–water partition coefficient (Wildman–Crippen LogP) is 3.37. The zero-order valence-electron chi connectivity index (χ0n) is 12.3. The first-order valence-electron chi connectivity index (χ1n) is 7.12. The molecule has 112 valence electrons. The fraction of sp³-hybridized carbons (Fsp3) is 0.375. The van der Waals surface area contributed by atoms with Crippen molar-refractivity contribution in [2.75, 3.05) is 6.61 Å². The monoisotopic (exact) mass is 288 g/mol. The molecule has 1 aromatic carbocycles. The molecular weight excluding hydrogens is 268 g/mol. The second-order valence-electron chi connectivity index (χ2n) is 4.95. The number of nitrogens with zero attached hydrogens (tertiary/aromatic N) is 2. The highest BCUT2D eigenvalue weighted by atomic mass is 16.5. The smallest absolute Gasteiger partial charge is 0.328 e. The summed E-state index contributed by atoms with van der Waals surface area (Å²) >= 11 is 0. The third-order valence-electron chi connectivity index (χ3n) is 3.29. The third kappa shape index (κ3) is 3.84.